The van der Waals surface area contributed by atoms with Crippen LogP contribution < -0.4 is 0 Å². The molecular formula is C17H21ClN2O. The molecule has 21 heavy (non-hydrogen) atoms. The van der Waals surface area contributed by atoms with E-state index < -0.39 is 0 Å². The van der Waals surface area contributed by atoms with Gasteiger partial charge >= 0.3 is 0 Å². The summed E-state index contributed by atoms with van der Waals surface area (Å²) in [5, 5.41) is 0.778. The third-order valence-electron chi connectivity index (χ3n) is 3.95. The average molecular weight is 305 g/mol. The van der Waals surface area contributed by atoms with Gasteiger partial charge in [-0.3, -0.25) is 4.90 Å². The zero-order valence-electron chi connectivity index (χ0n) is 12.2. The van der Waals surface area contributed by atoms with Crippen LogP contribution in [0, 0.1) is 0 Å². The molecule has 2 aromatic rings. The molecule has 0 atom stereocenters. The number of aromatic nitrogens is 1. The summed E-state index contributed by atoms with van der Waals surface area (Å²) < 4.78 is 7.63. The Morgan fingerprint density at radius 3 is 2.57 bits per heavy atom. The van der Waals surface area contributed by atoms with Gasteiger partial charge in [-0.05, 0) is 55.8 Å². The number of hydrogen-bond acceptors (Lipinski definition) is 2. The highest BCUT2D eigenvalue weighted by molar-refractivity contribution is 6.30. The minimum atomic E-state index is 0.778. The summed E-state index contributed by atoms with van der Waals surface area (Å²) in [5.41, 5.74) is 2.52. The molecule has 2 heterocycles. The van der Waals surface area contributed by atoms with Crippen molar-refractivity contribution in [1.82, 2.24) is 9.47 Å². The minimum absolute atomic E-state index is 0.778. The van der Waals surface area contributed by atoms with E-state index in [2.05, 4.69) is 39.9 Å². The summed E-state index contributed by atoms with van der Waals surface area (Å²) in [6.45, 7) is 5.04. The minimum Gasteiger partial charge on any atom is -0.379 e. The van der Waals surface area contributed by atoms with Crippen LogP contribution in [0.2, 0.25) is 5.02 Å². The molecule has 3 rings (SSSR count). The van der Waals surface area contributed by atoms with E-state index in [1.807, 2.05) is 12.1 Å². The first kappa shape index (κ1) is 14.6. The van der Waals surface area contributed by atoms with Gasteiger partial charge < -0.3 is 9.30 Å². The molecule has 1 aromatic carbocycles. The standard InChI is InChI=1S/C17H21ClN2O/c18-15-5-7-17(8-6-15)20-10-2-4-16(20)3-1-9-19-11-13-21-14-12-19/h2,4-8,10H,1,3,9,11-14H2. The first-order valence-electron chi connectivity index (χ1n) is 7.55. The highest BCUT2D eigenvalue weighted by Gasteiger charge is 2.10. The molecule has 1 saturated heterocycles. The molecule has 0 N–H and O–H groups in total. The SMILES string of the molecule is Clc1ccc(-n2cccc2CCCN2CCOCC2)cc1. The van der Waals surface area contributed by atoms with Crippen LogP contribution in [0.4, 0.5) is 0 Å². The van der Waals surface area contributed by atoms with Gasteiger partial charge in [0.2, 0.25) is 0 Å². The van der Waals surface area contributed by atoms with Crippen molar-refractivity contribution in [3.8, 4) is 5.69 Å². The molecule has 1 aromatic heterocycles. The molecule has 0 unspecified atom stereocenters. The van der Waals surface area contributed by atoms with Gasteiger partial charge in [0.25, 0.3) is 0 Å². The van der Waals surface area contributed by atoms with Crippen LogP contribution in [0.15, 0.2) is 42.6 Å². The number of rotatable bonds is 5. The Hall–Kier alpha value is -1.29. The van der Waals surface area contributed by atoms with Crippen molar-refractivity contribution in [2.75, 3.05) is 32.8 Å². The number of hydrogen-bond donors (Lipinski definition) is 0. The van der Waals surface area contributed by atoms with E-state index >= 15 is 0 Å². The molecule has 112 valence electrons. The number of aryl methyl sites for hydroxylation is 1. The van der Waals surface area contributed by atoms with Crippen LogP contribution in [-0.4, -0.2) is 42.3 Å². The fraction of sp³-hybridized carbons (Fsp3) is 0.412. The molecule has 0 radical (unpaired) electrons. The lowest BCUT2D eigenvalue weighted by molar-refractivity contribution is 0.0374. The highest BCUT2D eigenvalue weighted by Crippen LogP contribution is 2.17. The van der Waals surface area contributed by atoms with Crippen LogP contribution in [0.3, 0.4) is 0 Å². The van der Waals surface area contributed by atoms with Crippen molar-refractivity contribution in [3.63, 3.8) is 0 Å². The zero-order chi connectivity index (χ0) is 14.5. The van der Waals surface area contributed by atoms with E-state index in [1.165, 1.54) is 17.8 Å². The summed E-state index contributed by atoms with van der Waals surface area (Å²) >= 11 is 5.96. The van der Waals surface area contributed by atoms with E-state index in [0.29, 0.717) is 0 Å². The largest absolute Gasteiger partial charge is 0.379 e. The topological polar surface area (TPSA) is 17.4 Å². The zero-order valence-corrected chi connectivity index (χ0v) is 12.9. The Kier molecular flexibility index (Phi) is 4.96. The second-order valence-electron chi connectivity index (χ2n) is 5.40. The molecule has 1 aliphatic rings. The van der Waals surface area contributed by atoms with Gasteiger partial charge in [0.05, 0.1) is 13.2 Å². The van der Waals surface area contributed by atoms with Crippen molar-refractivity contribution in [2.24, 2.45) is 0 Å². The van der Waals surface area contributed by atoms with Crippen molar-refractivity contribution in [1.29, 1.82) is 0 Å². The van der Waals surface area contributed by atoms with Gasteiger partial charge in [-0.2, -0.15) is 0 Å². The molecule has 1 aliphatic heterocycles. The predicted molar refractivity (Wildman–Crippen MR) is 86.4 cm³/mol. The molecule has 0 amide bonds. The summed E-state index contributed by atoms with van der Waals surface area (Å²) in [4.78, 5) is 2.49. The van der Waals surface area contributed by atoms with Crippen LogP contribution in [0.25, 0.3) is 5.69 Å². The van der Waals surface area contributed by atoms with Crippen LogP contribution in [0.1, 0.15) is 12.1 Å². The second kappa shape index (κ2) is 7.12. The quantitative estimate of drug-likeness (QED) is 0.842. The van der Waals surface area contributed by atoms with E-state index in [1.54, 1.807) is 0 Å². The Bertz CT molecular complexity index is 558. The lowest BCUT2D eigenvalue weighted by Gasteiger charge is -2.26. The first-order chi connectivity index (χ1) is 10.3. The maximum atomic E-state index is 5.96. The van der Waals surface area contributed by atoms with Gasteiger partial charge in [0, 0.05) is 35.7 Å². The predicted octanol–water partition coefficient (Wildman–Crippen LogP) is 3.40. The lowest BCUT2D eigenvalue weighted by Crippen LogP contribution is -2.37. The second-order valence-corrected chi connectivity index (χ2v) is 5.84. The fourth-order valence-electron chi connectivity index (χ4n) is 2.78. The molecule has 1 fully saturated rings. The van der Waals surface area contributed by atoms with Crippen LogP contribution >= 0.6 is 11.6 Å². The third-order valence-corrected chi connectivity index (χ3v) is 4.20. The van der Waals surface area contributed by atoms with Crippen molar-refractivity contribution >= 4 is 11.6 Å². The average Bonchev–Trinajstić information content (AvgIpc) is 2.98. The Morgan fingerprint density at radius 1 is 1.05 bits per heavy atom. The van der Waals surface area contributed by atoms with E-state index in [4.69, 9.17) is 16.3 Å². The van der Waals surface area contributed by atoms with Gasteiger partial charge in [-0.15, -0.1) is 0 Å². The Balaban J connectivity index is 1.59. The first-order valence-corrected chi connectivity index (χ1v) is 7.93. The molecule has 0 aliphatic carbocycles. The maximum absolute atomic E-state index is 5.96. The van der Waals surface area contributed by atoms with Gasteiger partial charge in [-0.1, -0.05) is 11.6 Å². The van der Waals surface area contributed by atoms with Gasteiger partial charge in [0.15, 0.2) is 0 Å². The number of halogens is 1. The number of nitrogens with zero attached hydrogens (tertiary/aromatic N) is 2. The molecule has 0 saturated carbocycles. The van der Waals surface area contributed by atoms with Crippen LogP contribution in [0.5, 0.6) is 0 Å². The lowest BCUT2D eigenvalue weighted by atomic mass is 10.2. The number of ether oxygens (including phenoxy) is 1. The Labute approximate surface area is 131 Å². The van der Waals surface area contributed by atoms with Crippen molar-refractivity contribution in [3.05, 3.63) is 53.3 Å². The Morgan fingerprint density at radius 2 is 1.81 bits per heavy atom. The maximum Gasteiger partial charge on any atom is 0.0594 e. The molecule has 4 heteroatoms. The normalized spacial score (nSPS) is 16.2. The fourth-order valence-corrected chi connectivity index (χ4v) is 2.91. The van der Waals surface area contributed by atoms with Crippen LogP contribution in [-0.2, 0) is 11.2 Å². The van der Waals surface area contributed by atoms with E-state index in [9.17, 15) is 0 Å². The van der Waals surface area contributed by atoms with Crippen molar-refractivity contribution < 1.29 is 4.74 Å². The molecule has 0 spiro atoms. The van der Waals surface area contributed by atoms with Crippen molar-refractivity contribution in [2.45, 2.75) is 12.8 Å². The molecule has 3 nitrogen and oxygen atoms in total. The van der Waals surface area contributed by atoms with Gasteiger partial charge in [-0.25, -0.2) is 0 Å². The third kappa shape index (κ3) is 3.88. The summed E-state index contributed by atoms with van der Waals surface area (Å²) in [6, 6.07) is 12.3. The van der Waals surface area contributed by atoms with E-state index in [-0.39, 0.29) is 0 Å². The number of benzene rings is 1. The highest BCUT2D eigenvalue weighted by atomic mass is 35.5. The smallest absolute Gasteiger partial charge is 0.0594 e. The van der Waals surface area contributed by atoms with E-state index in [0.717, 1.165) is 44.3 Å². The summed E-state index contributed by atoms with van der Waals surface area (Å²) in [6.07, 6.45) is 4.39. The molecular weight excluding hydrogens is 284 g/mol. The number of morpholine rings is 1. The summed E-state index contributed by atoms with van der Waals surface area (Å²) in [5.74, 6) is 0. The summed E-state index contributed by atoms with van der Waals surface area (Å²) in [7, 11) is 0. The molecule has 0 bridgehead atoms. The monoisotopic (exact) mass is 304 g/mol. The van der Waals surface area contributed by atoms with Gasteiger partial charge in [0.1, 0.15) is 0 Å².